The average molecular weight is 501 g/mol. The molecule has 0 amide bonds. The summed E-state index contributed by atoms with van der Waals surface area (Å²) in [5.74, 6) is -0.556. The number of aliphatic imine (C=N–C) groups is 1. The number of aromatic nitrogens is 3. The van der Waals surface area contributed by atoms with Gasteiger partial charge in [-0.3, -0.25) is 0 Å². The van der Waals surface area contributed by atoms with Crippen LogP contribution in [0.3, 0.4) is 0 Å². The molecule has 3 saturated heterocycles. The molecule has 0 saturated carbocycles. The van der Waals surface area contributed by atoms with Crippen LogP contribution in [0.2, 0.25) is 0 Å². The highest BCUT2D eigenvalue weighted by atomic mass is 16.8. The minimum Gasteiger partial charge on any atom is -0.431 e. The van der Waals surface area contributed by atoms with Gasteiger partial charge in [-0.05, 0) is 26.0 Å². The number of ether oxygens (including phenoxy) is 6. The van der Waals surface area contributed by atoms with Crippen molar-refractivity contribution < 1.29 is 33.2 Å². The normalized spacial score (nSPS) is 31.0. The standard InChI is InChI=1S/C23H28N6O7/c1-22(2)35-18-16(10-32-21(30)33-14-7-8-31-9-14)34-23(11-24,19(18)36-22)17-6-5-15-20(26-13-28(3)4)25-12-27-29(15)17/h5-6,12-14,16,18-19H,7-10H2,1-4H3/b26-13-/t14?,16-,18-,19-,23+/m1/s1. The molecular formula is C23H28N6O7. The Morgan fingerprint density at radius 2 is 2.19 bits per heavy atom. The summed E-state index contributed by atoms with van der Waals surface area (Å²) in [6.07, 6.45) is 0.145. The molecule has 5 atom stereocenters. The topological polar surface area (TPSA) is 142 Å². The van der Waals surface area contributed by atoms with E-state index >= 15 is 0 Å². The van der Waals surface area contributed by atoms with Crippen LogP contribution in [-0.2, 0) is 34.0 Å². The van der Waals surface area contributed by atoms with Crippen molar-refractivity contribution in [2.24, 2.45) is 4.99 Å². The van der Waals surface area contributed by atoms with E-state index in [1.165, 1.54) is 6.33 Å². The molecule has 2 aromatic heterocycles. The molecule has 1 unspecified atom stereocenters. The second-order valence-corrected chi connectivity index (χ2v) is 9.50. The number of carbonyl (C=O) groups is 1. The van der Waals surface area contributed by atoms with Gasteiger partial charge < -0.3 is 33.3 Å². The predicted octanol–water partition coefficient (Wildman–Crippen LogP) is 1.53. The number of nitriles is 1. The van der Waals surface area contributed by atoms with Crippen LogP contribution in [0.5, 0.6) is 0 Å². The molecule has 13 nitrogen and oxygen atoms in total. The molecular weight excluding hydrogens is 472 g/mol. The zero-order valence-corrected chi connectivity index (χ0v) is 20.5. The Morgan fingerprint density at radius 3 is 2.92 bits per heavy atom. The van der Waals surface area contributed by atoms with Crippen molar-refractivity contribution in [3.63, 3.8) is 0 Å². The van der Waals surface area contributed by atoms with E-state index in [1.54, 1.807) is 41.7 Å². The van der Waals surface area contributed by atoms with Crippen LogP contribution in [0.15, 0.2) is 23.5 Å². The first-order valence-electron chi connectivity index (χ1n) is 11.6. The van der Waals surface area contributed by atoms with Gasteiger partial charge in [0.05, 0.1) is 25.2 Å². The zero-order chi connectivity index (χ0) is 25.5. The van der Waals surface area contributed by atoms with Crippen molar-refractivity contribution in [1.29, 1.82) is 5.26 Å². The molecule has 0 spiro atoms. The smallest absolute Gasteiger partial charge is 0.431 e. The summed E-state index contributed by atoms with van der Waals surface area (Å²) in [5, 5.41) is 14.8. The van der Waals surface area contributed by atoms with Crippen molar-refractivity contribution in [3.05, 3.63) is 24.2 Å². The van der Waals surface area contributed by atoms with Crippen LogP contribution in [0.25, 0.3) is 5.52 Å². The number of hydrogen-bond donors (Lipinski definition) is 0. The molecule has 0 bridgehead atoms. The minimum absolute atomic E-state index is 0.187. The third-order valence-electron chi connectivity index (χ3n) is 6.14. The number of rotatable bonds is 6. The molecule has 5 heterocycles. The van der Waals surface area contributed by atoms with Crippen molar-refractivity contribution in [2.75, 3.05) is 33.9 Å². The molecule has 3 aliphatic rings. The molecule has 0 aliphatic carbocycles. The monoisotopic (exact) mass is 500 g/mol. The van der Waals surface area contributed by atoms with Crippen LogP contribution < -0.4 is 0 Å². The first-order chi connectivity index (χ1) is 17.2. The summed E-state index contributed by atoms with van der Waals surface area (Å²) in [7, 11) is 3.70. The summed E-state index contributed by atoms with van der Waals surface area (Å²) >= 11 is 0. The number of nitrogens with zero attached hydrogens (tertiary/aromatic N) is 6. The van der Waals surface area contributed by atoms with Crippen molar-refractivity contribution in [1.82, 2.24) is 19.5 Å². The van der Waals surface area contributed by atoms with Gasteiger partial charge in [-0.15, -0.1) is 0 Å². The second-order valence-electron chi connectivity index (χ2n) is 9.50. The highest BCUT2D eigenvalue weighted by Gasteiger charge is 2.65. The van der Waals surface area contributed by atoms with E-state index in [1.807, 2.05) is 14.1 Å². The van der Waals surface area contributed by atoms with E-state index < -0.39 is 35.9 Å². The van der Waals surface area contributed by atoms with Gasteiger partial charge in [-0.2, -0.15) is 10.4 Å². The third-order valence-corrected chi connectivity index (χ3v) is 6.14. The fourth-order valence-electron chi connectivity index (χ4n) is 4.63. The molecule has 36 heavy (non-hydrogen) atoms. The molecule has 13 heteroatoms. The van der Waals surface area contributed by atoms with E-state index in [0.717, 1.165) is 0 Å². The first kappa shape index (κ1) is 24.4. The van der Waals surface area contributed by atoms with E-state index in [2.05, 4.69) is 21.1 Å². The van der Waals surface area contributed by atoms with E-state index in [9.17, 15) is 10.1 Å². The Kier molecular flexibility index (Phi) is 6.29. The molecule has 3 aliphatic heterocycles. The molecule has 0 radical (unpaired) electrons. The molecule has 0 N–H and O–H groups in total. The predicted molar refractivity (Wildman–Crippen MR) is 122 cm³/mol. The fourth-order valence-corrected chi connectivity index (χ4v) is 4.63. The molecule has 2 aromatic rings. The maximum Gasteiger partial charge on any atom is 0.508 e. The minimum atomic E-state index is -1.60. The van der Waals surface area contributed by atoms with Gasteiger partial charge >= 0.3 is 6.16 Å². The van der Waals surface area contributed by atoms with Crippen LogP contribution in [0, 0.1) is 11.3 Å². The maximum absolute atomic E-state index is 12.2. The van der Waals surface area contributed by atoms with Crippen LogP contribution >= 0.6 is 0 Å². The summed E-state index contributed by atoms with van der Waals surface area (Å²) in [6, 6.07) is 5.78. The van der Waals surface area contributed by atoms with Crippen LogP contribution in [0.4, 0.5) is 10.6 Å². The van der Waals surface area contributed by atoms with Crippen molar-refractivity contribution in [3.8, 4) is 6.07 Å². The lowest BCUT2D eigenvalue weighted by atomic mass is 9.92. The van der Waals surface area contributed by atoms with E-state index in [0.29, 0.717) is 36.7 Å². The number of carbonyl (C=O) groups excluding carboxylic acids is 1. The van der Waals surface area contributed by atoms with Gasteiger partial charge in [0.1, 0.15) is 48.9 Å². The third kappa shape index (κ3) is 4.37. The van der Waals surface area contributed by atoms with Crippen molar-refractivity contribution >= 4 is 23.8 Å². The Bertz CT molecular complexity index is 1200. The van der Waals surface area contributed by atoms with Crippen LogP contribution in [-0.4, -0.2) is 96.1 Å². The lowest BCUT2D eigenvalue weighted by Crippen LogP contribution is -2.40. The number of hydrogen-bond acceptors (Lipinski definition) is 11. The SMILES string of the molecule is CN(C)/C=N\c1ncnn2c([C@]3(C#N)O[C@H](COC(=O)OC4CCOC4)[C@H]4OC(C)(C)O[C@H]43)ccc12. The Labute approximate surface area is 207 Å². The highest BCUT2D eigenvalue weighted by molar-refractivity contribution is 5.71. The second kappa shape index (κ2) is 9.29. The summed E-state index contributed by atoms with van der Waals surface area (Å²) in [4.78, 5) is 22.6. The number of fused-ring (bicyclic) bond motifs is 2. The molecule has 0 aromatic carbocycles. The Balaban J connectivity index is 1.44. The van der Waals surface area contributed by atoms with Crippen molar-refractivity contribution in [2.45, 2.75) is 56.1 Å². The highest BCUT2D eigenvalue weighted by Crippen LogP contribution is 2.49. The van der Waals surface area contributed by atoms with Gasteiger partial charge in [0, 0.05) is 20.5 Å². The summed E-state index contributed by atoms with van der Waals surface area (Å²) < 4.78 is 35.9. The van der Waals surface area contributed by atoms with E-state index in [-0.39, 0.29) is 12.7 Å². The zero-order valence-electron chi connectivity index (χ0n) is 20.5. The Hall–Kier alpha value is -3.31. The molecule has 3 fully saturated rings. The lowest BCUT2D eigenvalue weighted by molar-refractivity contribution is -0.205. The van der Waals surface area contributed by atoms with Crippen LogP contribution in [0.1, 0.15) is 26.0 Å². The lowest BCUT2D eigenvalue weighted by Gasteiger charge is -2.28. The fraction of sp³-hybridized carbons (Fsp3) is 0.609. The van der Waals surface area contributed by atoms with Gasteiger partial charge in [-0.1, -0.05) is 0 Å². The first-order valence-corrected chi connectivity index (χ1v) is 11.6. The van der Waals surface area contributed by atoms with Gasteiger partial charge in [0.15, 0.2) is 11.6 Å². The average Bonchev–Trinajstić information content (AvgIpc) is 3.60. The maximum atomic E-state index is 12.2. The van der Waals surface area contributed by atoms with Gasteiger partial charge in [0.25, 0.3) is 0 Å². The Morgan fingerprint density at radius 1 is 1.36 bits per heavy atom. The summed E-state index contributed by atoms with van der Waals surface area (Å²) in [5.41, 5.74) is -0.590. The molecule has 192 valence electrons. The van der Waals surface area contributed by atoms with Gasteiger partial charge in [0.2, 0.25) is 5.60 Å². The molecule has 5 rings (SSSR count). The largest absolute Gasteiger partial charge is 0.508 e. The quantitative estimate of drug-likeness (QED) is 0.324. The summed E-state index contributed by atoms with van der Waals surface area (Å²) in [6.45, 7) is 4.20. The van der Waals surface area contributed by atoms with Gasteiger partial charge in [-0.25, -0.2) is 19.3 Å². The van der Waals surface area contributed by atoms with E-state index in [4.69, 9.17) is 28.4 Å².